The molecule has 1 rings (SSSR count). The first-order valence-corrected chi connectivity index (χ1v) is 4.68. The molecule has 0 bridgehead atoms. The highest BCUT2D eigenvalue weighted by atomic mass is 35.5. The number of carbonyl (C=O) groups is 2. The number of halogens is 1. The summed E-state index contributed by atoms with van der Waals surface area (Å²) in [6, 6.07) is 4.00. The minimum absolute atomic E-state index is 0.0163. The van der Waals surface area contributed by atoms with Crippen LogP contribution in [0.5, 0.6) is 0 Å². The fourth-order valence-corrected chi connectivity index (χ4v) is 1.39. The first kappa shape index (κ1) is 12.6. The van der Waals surface area contributed by atoms with Crippen LogP contribution in [0.25, 0.3) is 0 Å². The number of carboxylic acids is 1. The first-order valence-electron chi connectivity index (χ1n) is 4.31. The summed E-state index contributed by atoms with van der Waals surface area (Å²) >= 11 is 5.65. The fourth-order valence-electron chi connectivity index (χ4n) is 1.21. The Morgan fingerprint density at radius 3 is 2.50 bits per heavy atom. The normalized spacial score (nSPS) is 14.2. The van der Waals surface area contributed by atoms with E-state index < -0.39 is 18.2 Å². The highest BCUT2D eigenvalue weighted by molar-refractivity contribution is 6.30. The summed E-state index contributed by atoms with van der Waals surface area (Å²) in [5.41, 5.74) is 0.0644. The number of hydrogen-bond acceptors (Lipinski definition) is 4. The van der Waals surface area contributed by atoms with Gasteiger partial charge in [-0.15, -0.1) is 0 Å². The molecular formula is C10H9ClO5. The summed E-state index contributed by atoms with van der Waals surface area (Å²) in [6.45, 7) is 0. The van der Waals surface area contributed by atoms with Gasteiger partial charge < -0.3 is 15.3 Å². The van der Waals surface area contributed by atoms with E-state index in [1.165, 1.54) is 18.2 Å². The van der Waals surface area contributed by atoms with Gasteiger partial charge >= 0.3 is 5.97 Å². The minimum atomic E-state index is -2.00. The number of aliphatic hydroxyl groups is 2. The number of aldehydes is 1. The van der Waals surface area contributed by atoms with Crippen LogP contribution < -0.4 is 0 Å². The predicted octanol–water partition coefficient (Wildman–Crippen LogP) is 0.631. The Morgan fingerprint density at radius 1 is 1.38 bits per heavy atom. The molecule has 0 aliphatic heterocycles. The van der Waals surface area contributed by atoms with E-state index >= 15 is 0 Å². The third kappa shape index (κ3) is 2.57. The highest BCUT2D eigenvalue weighted by Gasteiger charge is 2.27. The van der Waals surface area contributed by atoms with Crippen LogP contribution in [0.1, 0.15) is 22.0 Å². The average molecular weight is 245 g/mol. The molecule has 0 radical (unpaired) electrons. The highest BCUT2D eigenvalue weighted by Crippen LogP contribution is 2.24. The molecule has 6 heteroatoms. The lowest BCUT2D eigenvalue weighted by Gasteiger charge is -2.16. The van der Waals surface area contributed by atoms with Gasteiger partial charge in [0.1, 0.15) is 12.4 Å². The average Bonchev–Trinajstić information content (AvgIpc) is 2.26. The van der Waals surface area contributed by atoms with E-state index in [0.717, 1.165) is 0 Å². The summed E-state index contributed by atoms with van der Waals surface area (Å²) in [5, 5.41) is 27.4. The molecule has 0 heterocycles. The number of benzene rings is 1. The molecule has 0 aliphatic rings. The Labute approximate surface area is 95.9 Å². The van der Waals surface area contributed by atoms with Gasteiger partial charge in [-0.05, 0) is 23.8 Å². The van der Waals surface area contributed by atoms with E-state index in [-0.39, 0.29) is 16.1 Å². The van der Waals surface area contributed by atoms with E-state index in [9.17, 15) is 14.7 Å². The van der Waals surface area contributed by atoms with Gasteiger partial charge in [0.05, 0.1) is 0 Å². The maximum Gasteiger partial charge on any atom is 0.335 e. The van der Waals surface area contributed by atoms with Crippen LogP contribution in [0.15, 0.2) is 18.2 Å². The summed E-state index contributed by atoms with van der Waals surface area (Å²) < 4.78 is 0. The van der Waals surface area contributed by atoms with Gasteiger partial charge in [0, 0.05) is 10.6 Å². The van der Waals surface area contributed by atoms with E-state index in [4.69, 9.17) is 21.8 Å². The van der Waals surface area contributed by atoms with Crippen molar-refractivity contribution in [3.8, 4) is 0 Å². The molecule has 5 nitrogen and oxygen atoms in total. The summed E-state index contributed by atoms with van der Waals surface area (Å²) in [5.74, 6) is -1.58. The van der Waals surface area contributed by atoms with E-state index in [2.05, 4.69) is 0 Å². The molecule has 16 heavy (non-hydrogen) atoms. The molecule has 1 aromatic carbocycles. The van der Waals surface area contributed by atoms with Crippen molar-refractivity contribution in [3.63, 3.8) is 0 Å². The Bertz CT molecular complexity index is 418. The number of rotatable bonds is 4. The summed E-state index contributed by atoms with van der Waals surface area (Å²) in [4.78, 5) is 21.1. The van der Waals surface area contributed by atoms with Crippen LogP contribution in [0.4, 0.5) is 0 Å². The number of carbonyl (C=O) groups excluding carboxylic acids is 1. The maximum atomic E-state index is 10.7. The van der Waals surface area contributed by atoms with Crippen molar-refractivity contribution < 1.29 is 24.9 Å². The van der Waals surface area contributed by atoms with E-state index in [1.807, 2.05) is 0 Å². The van der Waals surface area contributed by atoms with Crippen molar-refractivity contribution in [2.24, 2.45) is 0 Å². The predicted molar refractivity (Wildman–Crippen MR) is 55.4 cm³/mol. The lowest BCUT2D eigenvalue weighted by Crippen LogP contribution is -2.28. The zero-order chi connectivity index (χ0) is 12.3. The van der Waals surface area contributed by atoms with Crippen LogP contribution in [-0.4, -0.2) is 33.7 Å². The molecular weight excluding hydrogens is 236 g/mol. The third-order valence-corrected chi connectivity index (χ3v) is 2.28. The minimum Gasteiger partial charge on any atom is -0.479 e. The van der Waals surface area contributed by atoms with Gasteiger partial charge in [-0.3, -0.25) is 4.79 Å². The first-order chi connectivity index (χ1) is 7.47. The second-order valence-electron chi connectivity index (χ2n) is 3.12. The Kier molecular flexibility index (Phi) is 4.00. The lowest BCUT2D eigenvalue weighted by atomic mass is 9.99. The topological polar surface area (TPSA) is 94.8 Å². The van der Waals surface area contributed by atoms with Crippen LogP contribution in [0, 0.1) is 0 Å². The Hall–Kier alpha value is -1.43. The van der Waals surface area contributed by atoms with E-state index in [0.29, 0.717) is 6.29 Å². The van der Waals surface area contributed by atoms with Crippen LogP contribution in [0.3, 0.4) is 0 Å². The van der Waals surface area contributed by atoms with E-state index in [1.54, 1.807) is 0 Å². The molecule has 0 aromatic heterocycles. The molecule has 0 spiro atoms. The SMILES string of the molecule is O=Cc1ccc(Cl)cc1C(O)C(O)C(=O)O. The van der Waals surface area contributed by atoms with Gasteiger partial charge in [-0.2, -0.15) is 0 Å². The van der Waals surface area contributed by atoms with Gasteiger partial charge in [-0.25, -0.2) is 4.79 Å². The van der Waals surface area contributed by atoms with Gasteiger partial charge in [0.15, 0.2) is 6.10 Å². The van der Waals surface area contributed by atoms with Crippen LogP contribution in [-0.2, 0) is 4.79 Å². The maximum absolute atomic E-state index is 10.7. The molecule has 0 aliphatic carbocycles. The Balaban J connectivity index is 3.15. The zero-order valence-corrected chi connectivity index (χ0v) is 8.76. The van der Waals surface area contributed by atoms with Crippen molar-refractivity contribution >= 4 is 23.9 Å². The zero-order valence-electron chi connectivity index (χ0n) is 8.00. The monoisotopic (exact) mass is 244 g/mol. The number of carboxylic acid groups (broad SMARTS) is 1. The summed E-state index contributed by atoms with van der Waals surface area (Å²) in [7, 11) is 0. The summed E-state index contributed by atoms with van der Waals surface area (Å²) in [6.07, 6.45) is -3.25. The second-order valence-corrected chi connectivity index (χ2v) is 3.56. The molecule has 1 aromatic rings. The number of aliphatic hydroxyl groups excluding tert-OH is 2. The Morgan fingerprint density at radius 2 is 2.00 bits per heavy atom. The second kappa shape index (κ2) is 5.07. The largest absolute Gasteiger partial charge is 0.479 e. The standard InChI is InChI=1S/C10H9ClO5/c11-6-2-1-5(4-12)7(3-6)8(13)9(14)10(15)16/h1-4,8-9,13-14H,(H,15,16). The molecule has 0 saturated heterocycles. The third-order valence-electron chi connectivity index (χ3n) is 2.05. The van der Waals surface area contributed by atoms with Gasteiger partial charge in [-0.1, -0.05) is 11.6 Å². The van der Waals surface area contributed by atoms with Crippen LogP contribution >= 0.6 is 11.6 Å². The molecule has 0 amide bonds. The van der Waals surface area contributed by atoms with Crippen molar-refractivity contribution in [2.75, 3.05) is 0 Å². The van der Waals surface area contributed by atoms with Crippen molar-refractivity contribution in [2.45, 2.75) is 12.2 Å². The lowest BCUT2D eigenvalue weighted by molar-refractivity contribution is -0.153. The fraction of sp³-hybridized carbons (Fsp3) is 0.200. The van der Waals surface area contributed by atoms with Crippen molar-refractivity contribution in [3.05, 3.63) is 34.3 Å². The number of aliphatic carboxylic acids is 1. The number of hydrogen-bond donors (Lipinski definition) is 3. The molecule has 2 atom stereocenters. The quantitative estimate of drug-likeness (QED) is 0.676. The molecule has 0 fully saturated rings. The molecule has 3 N–H and O–H groups in total. The smallest absolute Gasteiger partial charge is 0.335 e. The van der Waals surface area contributed by atoms with Crippen molar-refractivity contribution in [1.82, 2.24) is 0 Å². The van der Waals surface area contributed by atoms with Crippen molar-refractivity contribution in [1.29, 1.82) is 0 Å². The van der Waals surface area contributed by atoms with Gasteiger partial charge in [0.2, 0.25) is 0 Å². The molecule has 2 unspecified atom stereocenters. The van der Waals surface area contributed by atoms with Gasteiger partial charge in [0.25, 0.3) is 0 Å². The molecule has 0 saturated carbocycles. The molecule has 86 valence electrons. The van der Waals surface area contributed by atoms with Crippen LogP contribution in [0.2, 0.25) is 5.02 Å².